The van der Waals surface area contributed by atoms with Crippen molar-refractivity contribution >= 4 is 21.7 Å². The average Bonchev–Trinajstić information content (AvgIpc) is 2.85. The molecule has 0 bridgehead atoms. The Morgan fingerprint density at radius 2 is 1.39 bits per heavy atom. The molecule has 0 fully saturated rings. The van der Waals surface area contributed by atoms with E-state index in [1.807, 2.05) is 48.5 Å². The fourth-order valence-corrected chi connectivity index (χ4v) is 4.42. The lowest BCUT2D eigenvalue weighted by Crippen LogP contribution is -2.25. The summed E-state index contributed by atoms with van der Waals surface area (Å²) in [6.45, 7) is 7.48. The van der Waals surface area contributed by atoms with Crippen molar-refractivity contribution in [2.75, 3.05) is 12.3 Å². The summed E-state index contributed by atoms with van der Waals surface area (Å²) in [6, 6.07) is 28.7. The first-order valence-corrected chi connectivity index (χ1v) is 14.5. The Morgan fingerprint density at radius 3 is 1.86 bits per heavy atom. The third kappa shape index (κ3) is 13.8. The Bertz CT molecular complexity index is 1040. The van der Waals surface area contributed by atoms with Gasteiger partial charge in [0, 0.05) is 30.7 Å². The van der Waals surface area contributed by atoms with Crippen molar-refractivity contribution in [3.05, 3.63) is 107 Å². The van der Waals surface area contributed by atoms with Crippen LogP contribution in [0.15, 0.2) is 84.9 Å². The minimum Gasteiger partial charge on any atom is -0.310 e. The van der Waals surface area contributed by atoms with Crippen LogP contribution < -0.4 is 5.32 Å². The first-order valence-electron chi connectivity index (χ1n) is 12.5. The topological polar surface area (TPSA) is 69.6 Å². The highest BCUT2D eigenvalue weighted by Crippen LogP contribution is 2.11. The van der Waals surface area contributed by atoms with Crippen LogP contribution in [0.5, 0.6) is 0 Å². The molecule has 7 heteroatoms. The lowest BCUT2D eigenvalue weighted by atomic mass is 10.1. The normalized spacial score (nSPS) is 12.1. The van der Waals surface area contributed by atoms with Crippen molar-refractivity contribution in [1.82, 2.24) is 10.2 Å². The van der Waals surface area contributed by atoms with Gasteiger partial charge in [-0.25, -0.2) is 0 Å². The van der Waals surface area contributed by atoms with Crippen LogP contribution in [0.3, 0.4) is 0 Å². The molecule has 0 spiro atoms. The number of hydrogen-bond donors (Lipinski definition) is 2. The van der Waals surface area contributed by atoms with E-state index in [9.17, 15) is 8.42 Å². The van der Waals surface area contributed by atoms with E-state index in [1.54, 1.807) is 0 Å². The summed E-state index contributed by atoms with van der Waals surface area (Å²) >= 11 is 5.80. The molecule has 0 aliphatic carbocycles. The van der Waals surface area contributed by atoms with Crippen LogP contribution in [0.2, 0.25) is 5.02 Å². The maximum absolute atomic E-state index is 10.9. The minimum absolute atomic E-state index is 0.201. The van der Waals surface area contributed by atoms with Crippen molar-refractivity contribution in [3.63, 3.8) is 0 Å². The fraction of sp³-hybridized carbons (Fsp3) is 0.379. The zero-order chi connectivity index (χ0) is 26.2. The second-order valence-electron chi connectivity index (χ2n) is 9.02. The van der Waals surface area contributed by atoms with Gasteiger partial charge in [-0.1, -0.05) is 97.7 Å². The van der Waals surface area contributed by atoms with Crippen molar-refractivity contribution in [1.29, 1.82) is 0 Å². The predicted octanol–water partition coefficient (Wildman–Crippen LogP) is 6.58. The Balaban J connectivity index is 0.000000281. The first kappa shape index (κ1) is 30.0. The molecular formula is C29H39ClN2O3S. The zero-order valence-electron chi connectivity index (χ0n) is 21.3. The number of benzene rings is 3. The van der Waals surface area contributed by atoms with Crippen molar-refractivity contribution in [3.8, 4) is 0 Å². The largest absolute Gasteiger partial charge is 0.310 e. The molecule has 0 saturated carbocycles. The first-order chi connectivity index (χ1) is 17.2. The van der Waals surface area contributed by atoms with Gasteiger partial charge in [-0.3, -0.25) is 9.45 Å². The monoisotopic (exact) mass is 530 g/mol. The minimum atomic E-state index is -3.89. The van der Waals surface area contributed by atoms with Crippen LogP contribution in [0.4, 0.5) is 0 Å². The Hall–Kier alpha value is -2.22. The molecule has 3 rings (SSSR count). The van der Waals surface area contributed by atoms with Crippen LogP contribution in [0.25, 0.3) is 0 Å². The van der Waals surface area contributed by atoms with Gasteiger partial charge >= 0.3 is 0 Å². The molecule has 0 aromatic heterocycles. The van der Waals surface area contributed by atoms with Crippen molar-refractivity contribution in [2.45, 2.75) is 58.8 Å². The molecular weight excluding hydrogens is 492 g/mol. The summed E-state index contributed by atoms with van der Waals surface area (Å²) in [7, 11) is -3.89. The van der Waals surface area contributed by atoms with Gasteiger partial charge in [0.15, 0.2) is 0 Å². The maximum atomic E-state index is 10.9. The van der Waals surface area contributed by atoms with E-state index in [4.69, 9.17) is 16.2 Å². The number of nitrogens with one attached hydrogen (secondary N) is 1. The summed E-state index contributed by atoms with van der Waals surface area (Å²) in [5, 5.41) is 4.28. The maximum Gasteiger partial charge on any atom is 0.264 e. The highest BCUT2D eigenvalue weighted by atomic mass is 35.5. The van der Waals surface area contributed by atoms with Crippen molar-refractivity contribution in [2.24, 2.45) is 0 Å². The van der Waals surface area contributed by atoms with Gasteiger partial charge in [-0.2, -0.15) is 8.42 Å². The summed E-state index contributed by atoms with van der Waals surface area (Å²) in [5.74, 6) is -0.201. The van der Waals surface area contributed by atoms with Gasteiger partial charge in [0.05, 0.1) is 5.75 Å². The van der Waals surface area contributed by atoms with Gasteiger partial charge in [-0.15, -0.1) is 0 Å². The van der Waals surface area contributed by atoms with Gasteiger partial charge in [-0.05, 0) is 55.1 Å². The summed E-state index contributed by atoms with van der Waals surface area (Å²) in [6.07, 6.45) is 2.88. The van der Waals surface area contributed by atoms with Gasteiger partial charge in [0.1, 0.15) is 0 Å². The summed E-state index contributed by atoms with van der Waals surface area (Å²) < 4.78 is 30.6. The highest BCUT2D eigenvalue weighted by molar-refractivity contribution is 7.85. The second-order valence-corrected chi connectivity index (χ2v) is 11.0. The van der Waals surface area contributed by atoms with Crippen LogP contribution >= 0.6 is 11.6 Å². The summed E-state index contributed by atoms with van der Waals surface area (Å²) in [4.78, 5) is 2.19. The third-order valence-corrected chi connectivity index (χ3v) is 6.72. The Morgan fingerprint density at radius 1 is 0.861 bits per heavy atom. The van der Waals surface area contributed by atoms with Crippen molar-refractivity contribution < 1.29 is 13.0 Å². The third-order valence-electron chi connectivity index (χ3n) is 5.66. The van der Waals surface area contributed by atoms with Crippen LogP contribution in [-0.2, 0) is 29.8 Å². The molecule has 1 unspecified atom stereocenters. The Labute approximate surface area is 222 Å². The molecule has 196 valence electrons. The van der Waals surface area contributed by atoms with E-state index < -0.39 is 10.1 Å². The van der Waals surface area contributed by atoms with E-state index in [1.165, 1.54) is 29.5 Å². The van der Waals surface area contributed by atoms with E-state index >= 15 is 0 Å². The molecule has 0 amide bonds. The van der Waals surface area contributed by atoms with E-state index in [0.29, 0.717) is 19.0 Å². The van der Waals surface area contributed by atoms with Crippen LogP contribution in [0.1, 0.15) is 49.8 Å². The molecule has 0 aliphatic rings. The number of nitrogens with zero attached hydrogens (tertiary/aromatic N) is 1. The van der Waals surface area contributed by atoms with E-state index in [-0.39, 0.29) is 5.75 Å². The molecule has 3 aromatic rings. The van der Waals surface area contributed by atoms with Gasteiger partial charge < -0.3 is 5.32 Å². The average molecular weight is 531 g/mol. The molecule has 5 nitrogen and oxygen atoms in total. The lowest BCUT2D eigenvalue weighted by Gasteiger charge is -2.22. The van der Waals surface area contributed by atoms with E-state index in [2.05, 4.69) is 60.5 Å². The smallest absolute Gasteiger partial charge is 0.264 e. The highest BCUT2D eigenvalue weighted by Gasteiger charge is 2.10. The molecule has 3 aromatic carbocycles. The van der Waals surface area contributed by atoms with Crippen LogP contribution in [-0.4, -0.2) is 36.2 Å². The van der Waals surface area contributed by atoms with E-state index in [0.717, 1.165) is 24.7 Å². The Kier molecular flexibility index (Phi) is 13.8. The molecule has 0 aliphatic heterocycles. The molecule has 0 radical (unpaired) electrons. The molecule has 2 N–H and O–H groups in total. The molecule has 36 heavy (non-hydrogen) atoms. The standard InChI is InChI=1S/C17H21NO3S.C12H18ClN/c19-22(20,21)13-7-12-18(14-16-8-3-1-4-9-16)15-17-10-5-2-6-11-17;1-3-4-10(2)14-9-11-5-7-12(13)8-6-11/h1-6,8-11H,7,12-15H2,(H,19,20,21);5-8,10,14H,3-4,9H2,1-2H3. The summed E-state index contributed by atoms with van der Waals surface area (Å²) in [5.41, 5.74) is 3.66. The number of halogens is 1. The number of rotatable bonds is 13. The molecule has 0 heterocycles. The predicted molar refractivity (Wildman–Crippen MR) is 151 cm³/mol. The van der Waals surface area contributed by atoms with Gasteiger partial charge in [0.25, 0.3) is 10.1 Å². The molecule has 0 saturated heterocycles. The van der Waals surface area contributed by atoms with Gasteiger partial charge in [0.2, 0.25) is 0 Å². The van der Waals surface area contributed by atoms with Crippen LogP contribution in [0, 0.1) is 0 Å². The number of hydrogen-bond acceptors (Lipinski definition) is 4. The lowest BCUT2D eigenvalue weighted by molar-refractivity contribution is 0.257. The fourth-order valence-electron chi connectivity index (χ4n) is 3.80. The zero-order valence-corrected chi connectivity index (χ0v) is 22.9. The SMILES string of the molecule is CCCC(C)NCc1ccc(Cl)cc1.O=S(=O)(O)CCCN(Cc1ccccc1)Cc1ccccc1. The second kappa shape index (κ2) is 16.5. The molecule has 1 atom stereocenters. The quantitative estimate of drug-likeness (QED) is 0.244.